The summed E-state index contributed by atoms with van der Waals surface area (Å²) in [5.74, 6) is 0.481. The fourth-order valence-electron chi connectivity index (χ4n) is 3.45. The number of aromatic nitrogens is 2. The lowest BCUT2D eigenvalue weighted by atomic mass is 9.97. The maximum absolute atomic E-state index is 12.4. The Morgan fingerprint density at radius 2 is 2.04 bits per heavy atom. The third-order valence-corrected chi connectivity index (χ3v) is 4.94. The van der Waals surface area contributed by atoms with Gasteiger partial charge in [0.15, 0.2) is 0 Å². The monoisotopic (exact) mass is 354 g/mol. The summed E-state index contributed by atoms with van der Waals surface area (Å²) in [6.07, 6.45) is 5.85. The van der Waals surface area contributed by atoms with Crippen LogP contribution in [-0.2, 0) is 12.1 Å². The van der Waals surface area contributed by atoms with Gasteiger partial charge in [0.2, 0.25) is 0 Å². The topological polar surface area (TPSA) is 50.2 Å². The average molecular weight is 354 g/mol. The molecule has 1 saturated heterocycles. The number of rotatable bonds is 5. The summed E-state index contributed by atoms with van der Waals surface area (Å²) in [6.45, 7) is 10.1. The predicted octanol–water partition coefficient (Wildman–Crippen LogP) is 3.28. The van der Waals surface area contributed by atoms with E-state index in [2.05, 4.69) is 66.4 Å². The molecular weight excluding hydrogens is 324 g/mol. The van der Waals surface area contributed by atoms with Crippen LogP contribution < -0.4 is 5.32 Å². The Hall–Kier alpha value is -2.14. The average Bonchev–Trinajstić information content (AvgIpc) is 3.12. The van der Waals surface area contributed by atoms with E-state index in [1.165, 1.54) is 18.4 Å². The molecule has 0 bridgehead atoms. The minimum absolute atomic E-state index is 0.0271. The number of benzene rings is 1. The van der Waals surface area contributed by atoms with Gasteiger partial charge < -0.3 is 5.32 Å². The summed E-state index contributed by atoms with van der Waals surface area (Å²) >= 11 is 0. The molecular formula is C21H30N4O. The van der Waals surface area contributed by atoms with Crippen LogP contribution in [0.2, 0.25) is 0 Å². The number of likely N-dealkylation sites (tertiary alicyclic amines) is 1. The smallest absolute Gasteiger partial charge is 0.254 e. The molecule has 1 aliphatic heterocycles. The van der Waals surface area contributed by atoms with E-state index in [9.17, 15) is 4.79 Å². The maximum atomic E-state index is 12.4. The molecule has 1 N–H and O–H groups in total. The molecule has 0 saturated carbocycles. The van der Waals surface area contributed by atoms with E-state index in [0.717, 1.165) is 26.2 Å². The number of amides is 1. The Bertz CT molecular complexity index is 717. The van der Waals surface area contributed by atoms with Crippen LogP contribution in [0.1, 0.15) is 49.5 Å². The summed E-state index contributed by atoms with van der Waals surface area (Å²) in [4.78, 5) is 14.9. The van der Waals surface area contributed by atoms with Crippen LogP contribution in [0.25, 0.3) is 0 Å². The molecule has 1 aromatic heterocycles. The van der Waals surface area contributed by atoms with E-state index >= 15 is 0 Å². The molecule has 1 atom stereocenters. The highest BCUT2D eigenvalue weighted by atomic mass is 16.1. The molecule has 1 aromatic carbocycles. The second-order valence-electron chi connectivity index (χ2n) is 8.28. The first-order valence-electron chi connectivity index (χ1n) is 9.51. The van der Waals surface area contributed by atoms with Crippen molar-refractivity contribution in [3.05, 3.63) is 53.9 Å². The zero-order valence-corrected chi connectivity index (χ0v) is 16.1. The molecule has 1 amide bonds. The third-order valence-electron chi connectivity index (χ3n) is 4.94. The van der Waals surface area contributed by atoms with Crippen LogP contribution in [-0.4, -0.2) is 40.2 Å². The Kier molecular flexibility index (Phi) is 5.77. The third kappa shape index (κ3) is 4.94. The van der Waals surface area contributed by atoms with E-state index in [1.54, 1.807) is 6.20 Å². The van der Waals surface area contributed by atoms with Crippen molar-refractivity contribution in [2.45, 2.75) is 45.7 Å². The van der Waals surface area contributed by atoms with Crippen LogP contribution in [0.3, 0.4) is 0 Å². The predicted molar refractivity (Wildman–Crippen MR) is 104 cm³/mol. The van der Waals surface area contributed by atoms with Crippen molar-refractivity contribution in [2.24, 2.45) is 5.92 Å². The van der Waals surface area contributed by atoms with Gasteiger partial charge in [-0.05, 0) is 51.6 Å². The highest BCUT2D eigenvalue weighted by Crippen LogP contribution is 2.18. The minimum atomic E-state index is -0.111. The van der Waals surface area contributed by atoms with Crippen molar-refractivity contribution in [3.8, 4) is 0 Å². The van der Waals surface area contributed by atoms with Crippen LogP contribution in [0.4, 0.5) is 0 Å². The van der Waals surface area contributed by atoms with Gasteiger partial charge in [0.25, 0.3) is 5.91 Å². The molecule has 5 nitrogen and oxygen atoms in total. The first-order valence-corrected chi connectivity index (χ1v) is 9.51. The summed E-state index contributed by atoms with van der Waals surface area (Å²) in [7, 11) is 0. The van der Waals surface area contributed by atoms with Crippen molar-refractivity contribution in [3.63, 3.8) is 0 Å². The Morgan fingerprint density at radius 1 is 1.27 bits per heavy atom. The molecule has 0 radical (unpaired) electrons. The largest absolute Gasteiger partial charge is 0.352 e. The Morgan fingerprint density at radius 3 is 2.73 bits per heavy atom. The second kappa shape index (κ2) is 8.04. The quantitative estimate of drug-likeness (QED) is 0.896. The first-order chi connectivity index (χ1) is 12.4. The second-order valence-corrected chi connectivity index (χ2v) is 8.28. The van der Waals surface area contributed by atoms with Gasteiger partial charge in [0.05, 0.1) is 17.3 Å². The summed E-state index contributed by atoms with van der Waals surface area (Å²) in [5.41, 5.74) is 1.88. The lowest BCUT2D eigenvalue weighted by Crippen LogP contribution is -2.40. The zero-order chi connectivity index (χ0) is 18.6. The fourth-order valence-corrected chi connectivity index (χ4v) is 3.45. The van der Waals surface area contributed by atoms with Gasteiger partial charge >= 0.3 is 0 Å². The van der Waals surface area contributed by atoms with Gasteiger partial charge in [-0.2, -0.15) is 5.10 Å². The molecule has 1 unspecified atom stereocenters. The van der Waals surface area contributed by atoms with Gasteiger partial charge in [-0.1, -0.05) is 30.3 Å². The van der Waals surface area contributed by atoms with E-state index in [4.69, 9.17) is 0 Å². The van der Waals surface area contributed by atoms with Crippen LogP contribution in [0.5, 0.6) is 0 Å². The molecule has 2 heterocycles. The highest BCUT2D eigenvalue weighted by molar-refractivity contribution is 5.93. The van der Waals surface area contributed by atoms with Gasteiger partial charge in [-0.3, -0.25) is 14.4 Å². The van der Waals surface area contributed by atoms with Crippen LogP contribution in [0, 0.1) is 5.92 Å². The fraction of sp³-hybridized carbons (Fsp3) is 0.524. The van der Waals surface area contributed by atoms with Crippen molar-refractivity contribution in [2.75, 3.05) is 19.6 Å². The van der Waals surface area contributed by atoms with Gasteiger partial charge in [0.1, 0.15) is 0 Å². The lowest BCUT2D eigenvalue weighted by molar-refractivity contribution is 0.0930. The molecule has 1 fully saturated rings. The summed E-state index contributed by atoms with van der Waals surface area (Å²) < 4.78 is 1.84. The number of hydrogen-bond acceptors (Lipinski definition) is 3. The summed E-state index contributed by atoms with van der Waals surface area (Å²) in [5, 5.41) is 7.41. The van der Waals surface area contributed by atoms with Gasteiger partial charge in [-0.25, -0.2) is 0 Å². The number of hydrogen-bond donors (Lipinski definition) is 1. The molecule has 2 aromatic rings. The van der Waals surface area contributed by atoms with Crippen molar-refractivity contribution < 1.29 is 4.79 Å². The summed E-state index contributed by atoms with van der Waals surface area (Å²) in [6, 6.07) is 10.6. The normalized spacial score (nSPS) is 18.7. The molecule has 26 heavy (non-hydrogen) atoms. The van der Waals surface area contributed by atoms with Crippen LogP contribution >= 0.6 is 0 Å². The van der Waals surface area contributed by atoms with Gasteiger partial charge in [0, 0.05) is 25.8 Å². The Labute approximate surface area is 156 Å². The molecule has 0 spiro atoms. The van der Waals surface area contributed by atoms with E-state index < -0.39 is 0 Å². The minimum Gasteiger partial charge on any atom is -0.352 e. The van der Waals surface area contributed by atoms with E-state index in [1.807, 2.05) is 10.9 Å². The van der Waals surface area contributed by atoms with Gasteiger partial charge in [-0.15, -0.1) is 0 Å². The standard InChI is InChI=1S/C21H30N4O/c1-21(2,3)25-16-19(13-23-25)20(26)22-12-18-10-7-11-24(15-18)14-17-8-5-4-6-9-17/h4-6,8-9,13,16,18H,7,10-12,14-15H2,1-3H3,(H,22,26). The number of carbonyl (C=O) groups excluding carboxylic acids is 1. The SMILES string of the molecule is CC(C)(C)n1cc(C(=O)NCC2CCCN(Cc3ccccc3)C2)cn1. The maximum Gasteiger partial charge on any atom is 0.254 e. The molecule has 140 valence electrons. The number of carbonyl (C=O) groups is 1. The first kappa shape index (κ1) is 18.6. The van der Waals surface area contributed by atoms with Crippen molar-refractivity contribution in [1.82, 2.24) is 20.0 Å². The lowest BCUT2D eigenvalue weighted by Gasteiger charge is -2.32. The molecule has 1 aliphatic rings. The van der Waals surface area contributed by atoms with Crippen molar-refractivity contribution >= 4 is 5.91 Å². The van der Waals surface area contributed by atoms with Crippen molar-refractivity contribution in [1.29, 1.82) is 0 Å². The molecule has 3 rings (SSSR count). The molecule has 5 heteroatoms. The number of nitrogens with one attached hydrogen (secondary N) is 1. The zero-order valence-electron chi connectivity index (χ0n) is 16.1. The van der Waals surface area contributed by atoms with E-state index in [0.29, 0.717) is 11.5 Å². The number of nitrogens with zero attached hydrogens (tertiary/aromatic N) is 3. The Balaban J connectivity index is 1.49. The molecule has 0 aliphatic carbocycles. The van der Waals surface area contributed by atoms with E-state index in [-0.39, 0.29) is 11.4 Å². The van der Waals surface area contributed by atoms with Crippen LogP contribution in [0.15, 0.2) is 42.7 Å². The highest BCUT2D eigenvalue weighted by Gasteiger charge is 2.21. The number of piperidine rings is 1.